The number of rotatable bonds is 2. The van der Waals surface area contributed by atoms with Crippen LogP contribution in [0, 0.1) is 11.6 Å². The molecule has 0 amide bonds. The first kappa shape index (κ1) is 10.4. The maximum Gasteiger partial charge on any atom is 0.148 e. The van der Waals surface area contributed by atoms with Crippen LogP contribution in [0.3, 0.4) is 0 Å². The lowest BCUT2D eigenvalue weighted by molar-refractivity contribution is 0.622. The van der Waals surface area contributed by atoms with Crippen molar-refractivity contribution in [2.75, 3.05) is 11.1 Å². The van der Waals surface area contributed by atoms with Gasteiger partial charge in [-0.1, -0.05) is 6.07 Å². The summed E-state index contributed by atoms with van der Waals surface area (Å²) < 4.78 is 25.9. The third-order valence-electron chi connectivity index (χ3n) is 2.04. The number of hydrogen-bond acceptors (Lipinski definition) is 3. The lowest BCUT2D eigenvalue weighted by Gasteiger charge is -2.09. The van der Waals surface area contributed by atoms with E-state index in [1.807, 2.05) is 0 Å². The number of anilines is 3. The van der Waals surface area contributed by atoms with E-state index < -0.39 is 11.6 Å². The monoisotopic (exact) mass is 221 g/mol. The predicted molar refractivity (Wildman–Crippen MR) is 58.3 cm³/mol. The van der Waals surface area contributed by atoms with Crippen molar-refractivity contribution in [3.8, 4) is 0 Å². The third-order valence-corrected chi connectivity index (χ3v) is 2.04. The molecule has 0 fully saturated rings. The standard InChI is InChI=1S/C11H9F2N3/c12-7-4-8(6-15-5-7)16-10-3-1-2-9(13)11(10)14/h1-6,16H,14H2. The first-order valence-corrected chi connectivity index (χ1v) is 4.58. The molecule has 16 heavy (non-hydrogen) atoms. The molecule has 0 aliphatic carbocycles. The highest BCUT2D eigenvalue weighted by Crippen LogP contribution is 2.24. The molecular formula is C11H9F2N3. The Hall–Kier alpha value is -2.17. The van der Waals surface area contributed by atoms with Crippen molar-refractivity contribution in [1.82, 2.24) is 4.98 Å². The van der Waals surface area contributed by atoms with Crippen LogP contribution in [-0.4, -0.2) is 4.98 Å². The zero-order chi connectivity index (χ0) is 11.5. The number of nitrogens with two attached hydrogens (primary N) is 1. The number of nitrogens with one attached hydrogen (secondary N) is 1. The zero-order valence-electron chi connectivity index (χ0n) is 8.24. The normalized spacial score (nSPS) is 10.1. The summed E-state index contributed by atoms with van der Waals surface area (Å²) in [5.41, 5.74) is 6.31. The number of halogens is 2. The SMILES string of the molecule is Nc1c(F)cccc1Nc1cncc(F)c1. The number of aromatic nitrogens is 1. The molecule has 0 unspecified atom stereocenters. The van der Waals surface area contributed by atoms with E-state index in [0.29, 0.717) is 11.4 Å². The van der Waals surface area contributed by atoms with Crippen molar-refractivity contribution in [2.24, 2.45) is 0 Å². The molecule has 82 valence electrons. The molecule has 5 heteroatoms. The highest BCUT2D eigenvalue weighted by atomic mass is 19.1. The molecule has 0 saturated carbocycles. The minimum atomic E-state index is -0.519. The molecule has 3 nitrogen and oxygen atoms in total. The summed E-state index contributed by atoms with van der Waals surface area (Å²) in [6, 6.07) is 5.62. The van der Waals surface area contributed by atoms with E-state index in [1.165, 1.54) is 24.4 Å². The molecule has 0 atom stereocenters. The number of para-hydroxylation sites is 1. The van der Waals surface area contributed by atoms with Gasteiger partial charge < -0.3 is 11.1 Å². The Labute approximate surface area is 90.9 Å². The molecular weight excluding hydrogens is 212 g/mol. The molecule has 2 rings (SSSR count). The molecule has 1 aromatic carbocycles. The third kappa shape index (κ3) is 2.08. The smallest absolute Gasteiger partial charge is 0.148 e. The first-order chi connectivity index (χ1) is 7.66. The quantitative estimate of drug-likeness (QED) is 0.766. The molecule has 0 radical (unpaired) electrons. The second-order valence-corrected chi connectivity index (χ2v) is 3.22. The largest absolute Gasteiger partial charge is 0.395 e. The fraction of sp³-hybridized carbons (Fsp3) is 0. The molecule has 0 aliphatic heterocycles. The van der Waals surface area contributed by atoms with Gasteiger partial charge in [0.15, 0.2) is 0 Å². The van der Waals surface area contributed by atoms with Gasteiger partial charge in [0.25, 0.3) is 0 Å². The van der Waals surface area contributed by atoms with Crippen LogP contribution < -0.4 is 11.1 Å². The van der Waals surface area contributed by atoms with E-state index in [-0.39, 0.29) is 5.69 Å². The van der Waals surface area contributed by atoms with E-state index in [2.05, 4.69) is 10.3 Å². The van der Waals surface area contributed by atoms with E-state index in [0.717, 1.165) is 6.20 Å². The number of nitrogens with zero attached hydrogens (tertiary/aromatic N) is 1. The Morgan fingerprint density at radius 3 is 2.75 bits per heavy atom. The predicted octanol–water partition coefficient (Wildman–Crippen LogP) is 2.69. The molecule has 2 aromatic rings. The van der Waals surface area contributed by atoms with Crippen molar-refractivity contribution in [1.29, 1.82) is 0 Å². The number of pyridine rings is 1. The van der Waals surface area contributed by atoms with Crippen molar-refractivity contribution in [3.63, 3.8) is 0 Å². The van der Waals surface area contributed by atoms with Crippen molar-refractivity contribution >= 4 is 17.1 Å². The van der Waals surface area contributed by atoms with Gasteiger partial charge in [0, 0.05) is 6.07 Å². The van der Waals surface area contributed by atoms with Gasteiger partial charge in [-0.05, 0) is 12.1 Å². The Balaban J connectivity index is 2.31. The molecule has 0 saturated heterocycles. The molecule has 1 aromatic heterocycles. The fourth-order valence-corrected chi connectivity index (χ4v) is 1.28. The zero-order valence-corrected chi connectivity index (χ0v) is 8.24. The molecule has 3 N–H and O–H groups in total. The van der Waals surface area contributed by atoms with Gasteiger partial charge in [0.2, 0.25) is 0 Å². The summed E-state index contributed by atoms with van der Waals surface area (Å²) in [6.45, 7) is 0. The van der Waals surface area contributed by atoms with Crippen LogP contribution in [0.5, 0.6) is 0 Å². The minimum Gasteiger partial charge on any atom is -0.395 e. The van der Waals surface area contributed by atoms with E-state index in [4.69, 9.17) is 5.73 Å². The number of benzene rings is 1. The van der Waals surface area contributed by atoms with Gasteiger partial charge in [0.1, 0.15) is 11.6 Å². The topological polar surface area (TPSA) is 50.9 Å². The summed E-state index contributed by atoms with van der Waals surface area (Å²) >= 11 is 0. The van der Waals surface area contributed by atoms with Gasteiger partial charge in [-0.3, -0.25) is 4.98 Å². The van der Waals surface area contributed by atoms with Crippen LogP contribution in [0.4, 0.5) is 25.8 Å². The van der Waals surface area contributed by atoms with Crippen LogP contribution in [0.2, 0.25) is 0 Å². The second kappa shape index (κ2) is 4.14. The van der Waals surface area contributed by atoms with Crippen LogP contribution in [0.1, 0.15) is 0 Å². The van der Waals surface area contributed by atoms with Crippen molar-refractivity contribution < 1.29 is 8.78 Å². The van der Waals surface area contributed by atoms with Gasteiger partial charge in [-0.15, -0.1) is 0 Å². The number of hydrogen-bond donors (Lipinski definition) is 2. The first-order valence-electron chi connectivity index (χ1n) is 4.58. The highest BCUT2D eigenvalue weighted by molar-refractivity contribution is 5.72. The van der Waals surface area contributed by atoms with E-state index >= 15 is 0 Å². The molecule has 0 spiro atoms. The van der Waals surface area contributed by atoms with Crippen LogP contribution in [-0.2, 0) is 0 Å². The average Bonchev–Trinajstić information content (AvgIpc) is 2.25. The molecule has 0 aliphatic rings. The Morgan fingerprint density at radius 2 is 2.00 bits per heavy atom. The van der Waals surface area contributed by atoms with Crippen LogP contribution >= 0.6 is 0 Å². The Bertz CT molecular complexity index is 514. The lowest BCUT2D eigenvalue weighted by Crippen LogP contribution is -1.99. The van der Waals surface area contributed by atoms with E-state index in [9.17, 15) is 8.78 Å². The summed E-state index contributed by atoms with van der Waals surface area (Å²) in [7, 11) is 0. The Morgan fingerprint density at radius 1 is 1.19 bits per heavy atom. The minimum absolute atomic E-state index is 0.00763. The fourth-order valence-electron chi connectivity index (χ4n) is 1.28. The average molecular weight is 221 g/mol. The lowest BCUT2D eigenvalue weighted by atomic mass is 10.2. The van der Waals surface area contributed by atoms with Crippen molar-refractivity contribution in [3.05, 3.63) is 48.3 Å². The van der Waals surface area contributed by atoms with Gasteiger partial charge in [0.05, 0.1) is 29.5 Å². The summed E-state index contributed by atoms with van der Waals surface area (Å²) in [5.74, 6) is -0.991. The second-order valence-electron chi connectivity index (χ2n) is 3.22. The van der Waals surface area contributed by atoms with Gasteiger partial charge >= 0.3 is 0 Å². The summed E-state index contributed by atoms with van der Waals surface area (Å²) in [5, 5.41) is 2.79. The molecule has 1 heterocycles. The molecule has 0 bridgehead atoms. The maximum absolute atomic E-state index is 13.1. The highest BCUT2D eigenvalue weighted by Gasteiger charge is 2.04. The van der Waals surface area contributed by atoms with Crippen LogP contribution in [0.15, 0.2) is 36.7 Å². The van der Waals surface area contributed by atoms with Crippen LogP contribution in [0.25, 0.3) is 0 Å². The van der Waals surface area contributed by atoms with E-state index in [1.54, 1.807) is 6.07 Å². The van der Waals surface area contributed by atoms with Crippen molar-refractivity contribution in [2.45, 2.75) is 0 Å². The van der Waals surface area contributed by atoms with Gasteiger partial charge in [-0.2, -0.15) is 0 Å². The summed E-state index contributed by atoms with van der Waals surface area (Å²) in [6.07, 6.45) is 2.51. The summed E-state index contributed by atoms with van der Waals surface area (Å²) in [4.78, 5) is 3.66. The number of nitrogen functional groups attached to an aromatic ring is 1. The maximum atomic E-state index is 13.1. The van der Waals surface area contributed by atoms with Gasteiger partial charge in [-0.25, -0.2) is 8.78 Å². The Kier molecular flexibility index (Phi) is 2.68.